The van der Waals surface area contributed by atoms with Crippen LogP contribution in [0.3, 0.4) is 0 Å². The number of carbonyl (C=O) groups excluding carboxylic acids is 2. The van der Waals surface area contributed by atoms with Gasteiger partial charge in [0.1, 0.15) is 0 Å². The molecule has 1 heterocycles. The average molecular weight is 423 g/mol. The van der Waals surface area contributed by atoms with E-state index in [4.69, 9.17) is 0 Å². The molecule has 0 aromatic heterocycles. The number of piperazine rings is 1. The molecule has 2 aromatic carbocycles. The third-order valence-corrected chi connectivity index (χ3v) is 5.82. The number of nitrogens with zero attached hydrogens (tertiary/aromatic N) is 2. The molecule has 0 spiro atoms. The largest absolute Gasteiger partial charge is 0.349 e. The molecule has 31 heavy (non-hydrogen) atoms. The standard InChI is InChI=1S/C25H34N4O2/c1-19-9-11-22(12-10-19)23(26-20(2)30)17-25(31)27-24(21-7-5-4-6-8-21)18-29-15-13-28(3)14-16-29/h4-12,23-24H,13-18H2,1-3H3,(H,26,30)(H,27,31). The first-order valence-corrected chi connectivity index (χ1v) is 11.0. The van der Waals surface area contributed by atoms with E-state index in [1.165, 1.54) is 6.92 Å². The summed E-state index contributed by atoms with van der Waals surface area (Å²) >= 11 is 0. The van der Waals surface area contributed by atoms with Crippen LogP contribution in [-0.4, -0.2) is 61.4 Å². The van der Waals surface area contributed by atoms with Crippen molar-refractivity contribution in [2.45, 2.75) is 32.4 Å². The second-order valence-electron chi connectivity index (χ2n) is 8.50. The van der Waals surface area contributed by atoms with Gasteiger partial charge in [0.2, 0.25) is 11.8 Å². The van der Waals surface area contributed by atoms with Crippen molar-refractivity contribution in [2.75, 3.05) is 39.8 Å². The minimum atomic E-state index is -0.349. The Kier molecular flexibility index (Phi) is 8.20. The fourth-order valence-electron chi connectivity index (χ4n) is 3.94. The molecule has 1 aliphatic rings. The van der Waals surface area contributed by atoms with E-state index in [1.807, 2.05) is 49.4 Å². The Hall–Kier alpha value is -2.70. The third kappa shape index (κ3) is 7.19. The van der Waals surface area contributed by atoms with Gasteiger partial charge in [-0.3, -0.25) is 14.5 Å². The Labute approximate surface area is 185 Å². The highest BCUT2D eigenvalue weighted by molar-refractivity contribution is 5.79. The molecule has 0 saturated carbocycles. The monoisotopic (exact) mass is 422 g/mol. The highest BCUT2D eigenvalue weighted by Gasteiger charge is 2.23. The summed E-state index contributed by atoms with van der Waals surface area (Å²) in [5.74, 6) is -0.210. The zero-order chi connectivity index (χ0) is 22.2. The van der Waals surface area contributed by atoms with Gasteiger partial charge in [-0.1, -0.05) is 60.2 Å². The summed E-state index contributed by atoms with van der Waals surface area (Å²) in [7, 11) is 2.14. The number of hydrogen-bond acceptors (Lipinski definition) is 4. The molecule has 2 N–H and O–H groups in total. The van der Waals surface area contributed by atoms with Crippen LogP contribution < -0.4 is 10.6 Å². The maximum atomic E-state index is 13.1. The highest BCUT2D eigenvalue weighted by Crippen LogP contribution is 2.20. The molecule has 0 radical (unpaired) electrons. The third-order valence-electron chi connectivity index (χ3n) is 5.82. The van der Waals surface area contributed by atoms with Crippen molar-refractivity contribution in [2.24, 2.45) is 0 Å². The summed E-state index contributed by atoms with van der Waals surface area (Å²) in [6, 6.07) is 17.6. The number of rotatable bonds is 8. The van der Waals surface area contributed by atoms with Crippen LogP contribution in [0.1, 0.15) is 42.1 Å². The van der Waals surface area contributed by atoms with E-state index in [0.29, 0.717) is 0 Å². The van der Waals surface area contributed by atoms with Crippen molar-refractivity contribution in [1.29, 1.82) is 0 Å². The van der Waals surface area contributed by atoms with Crippen molar-refractivity contribution >= 4 is 11.8 Å². The second kappa shape index (κ2) is 11.1. The van der Waals surface area contributed by atoms with E-state index in [9.17, 15) is 9.59 Å². The first-order valence-electron chi connectivity index (χ1n) is 11.0. The minimum Gasteiger partial charge on any atom is -0.349 e. The molecule has 6 nitrogen and oxygen atoms in total. The van der Waals surface area contributed by atoms with E-state index in [-0.39, 0.29) is 30.3 Å². The lowest BCUT2D eigenvalue weighted by Gasteiger charge is -2.35. The molecule has 3 rings (SSSR count). The summed E-state index contributed by atoms with van der Waals surface area (Å²) in [6.45, 7) is 8.34. The lowest BCUT2D eigenvalue weighted by Crippen LogP contribution is -2.48. The summed E-state index contributed by atoms with van der Waals surface area (Å²) in [5, 5.41) is 6.16. The Morgan fingerprint density at radius 1 is 0.871 bits per heavy atom. The van der Waals surface area contributed by atoms with Crippen molar-refractivity contribution in [3.05, 3.63) is 71.3 Å². The molecule has 1 fully saturated rings. The number of likely N-dealkylation sites (N-methyl/N-ethyl adjacent to an activating group) is 1. The first kappa shape index (κ1) is 23.0. The molecule has 1 saturated heterocycles. The van der Waals surface area contributed by atoms with Gasteiger partial charge >= 0.3 is 0 Å². The van der Waals surface area contributed by atoms with Crippen LogP contribution in [-0.2, 0) is 9.59 Å². The van der Waals surface area contributed by atoms with Gasteiger partial charge in [-0.25, -0.2) is 0 Å². The molecule has 6 heteroatoms. The summed E-state index contributed by atoms with van der Waals surface area (Å²) < 4.78 is 0. The molecule has 0 aliphatic carbocycles. The number of benzene rings is 2. The Bertz CT molecular complexity index is 846. The molecule has 2 atom stereocenters. The summed E-state index contributed by atoms with van der Waals surface area (Å²) in [5.41, 5.74) is 3.18. The zero-order valence-electron chi connectivity index (χ0n) is 18.8. The number of hydrogen-bond donors (Lipinski definition) is 2. The van der Waals surface area contributed by atoms with Gasteiger partial charge in [-0.05, 0) is 25.1 Å². The second-order valence-corrected chi connectivity index (χ2v) is 8.50. The molecule has 1 aliphatic heterocycles. The van der Waals surface area contributed by atoms with Crippen LogP contribution in [0.2, 0.25) is 0 Å². The van der Waals surface area contributed by atoms with E-state index in [0.717, 1.165) is 49.4 Å². The minimum absolute atomic E-state index is 0.0673. The van der Waals surface area contributed by atoms with Crippen LogP contribution in [0.25, 0.3) is 0 Å². The van der Waals surface area contributed by atoms with E-state index in [2.05, 4.69) is 39.6 Å². The Balaban J connectivity index is 1.70. The van der Waals surface area contributed by atoms with Crippen LogP contribution in [0, 0.1) is 6.92 Å². The maximum absolute atomic E-state index is 13.1. The molecular formula is C25H34N4O2. The molecule has 166 valence electrons. The number of aryl methyl sites for hydroxylation is 1. The molecule has 2 aromatic rings. The van der Waals surface area contributed by atoms with Gasteiger partial charge in [0, 0.05) is 39.6 Å². The van der Waals surface area contributed by atoms with E-state index < -0.39 is 0 Å². The zero-order valence-corrected chi connectivity index (χ0v) is 18.8. The number of carbonyl (C=O) groups is 2. The SMILES string of the molecule is CC(=O)NC(CC(=O)NC(CN1CCN(C)CC1)c1ccccc1)c1ccc(C)cc1. The van der Waals surface area contributed by atoms with Crippen LogP contribution >= 0.6 is 0 Å². The highest BCUT2D eigenvalue weighted by atomic mass is 16.2. The summed E-state index contributed by atoms with van der Waals surface area (Å²) in [6.07, 6.45) is 0.203. The number of amides is 2. The van der Waals surface area contributed by atoms with Crippen LogP contribution in [0.4, 0.5) is 0 Å². The van der Waals surface area contributed by atoms with Crippen LogP contribution in [0.5, 0.6) is 0 Å². The summed E-state index contributed by atoms with van der Waals surface area (Å²) in [4.78, 5) is 29.6. The lowest BCUT2D eigenvalue weighted by atomic mass is 10.0. The van der Waals surface area contributed by atoms with Gasteiger partial charge < -0.3 is 15.5 Å². The Morgan fingerprint density at radius 2 is 1.48 bits per heavy atom. The van der Waals surface area contributed by atoms with Crippen molar-refractivity contribution in [3.63, 3.8) is 0 Å². The predicted molar refractivity (Wildman–Crippen MR) is 124 cm³/mol. The smallest absolute Gasteiger partial charge is 0.222 e. The molecule has 2 amide bonds. The van der Waals surface area contributed by atoms with Gasteiger partial charge in [0.05, 0.1) is 18.5 Å². The van der Waals surface area contributed by atoms with Crippen molar-refractivity contribution in [1.82, 2.24) is 20.4 Å². The molecule has 0 bridgehead atoms. The Morgan fingerprint density at radius 3 is 2.10 bits per heavy atom. The normalized spacial score (nSPS) is 17.0. The van der Waals surface area contributed by atoms with E-state index >= 15 is 0 Å². The lowest BCUT2D eigenvalue weighted by molar-refractivity contribution is -0.123. The topological polar surface area (TPSA) is 64.7 Å². The van der Waals surface area contributed by atoms with Crippen molar-refractivity contribution < 1.29 is 9.59 Å². The fraction of sp³-hybridized carbons (Fsp3) is 0.440. The van der Waals surface area contributed by atoms with Crippen LogP contribution in [0.15, 0.2) is 54.6 Å². The quantitative estimate of drug-likeness (QED) is 0.687. The van der Waals surface area contributed by atoms with Gasteiger partial charge in [-0.15, -0.1) is 0 Å². The van der Waals surface area contributed by atoms with Gasteiger partial charge in [-0.2, -0.15) is 0 Å². The maximum Gasteiger partial charge on any atom is 0.222 e. The van der Waals surface area contributed by atoms with Crippen molar-refractivity contribution in [3.8, 4) is 0 Å². The molecular weight excluding hydrogens is 388 g/mol. The van der Waals surface area contributed by atoms with Gasteiger partial charge in [0.25, 0.3) is 0 Å². The van der Waals surface area contributed by atoms with Gasteiger partial charge in [0.15, 0.2) is 0 Å². The fourth-order valence-corrected chi connectivity index (χ4v) is 3.94. The number of nitrogens with one attached hydrogen (secondary N) is 2. The van der Waals surface area contributed by atoms with E-state index in [1.54, 1.807) is 0 Å². The predicted octanol–water partition coefficient (Wildman–Crippen LogP) is 2.67. The first-order chi connectivity index (χ1) is 14.9. The molecule has 2 unspecified atom stereocenters. The average Bonchev–Trinajstić information content (AvgIpc) is 2.75.